The molecule has 0 aliphatic heterocycles. The molecule has 2 heterocycles. The van der Waals surface area contributed by atoms with Crippen LogP contribution in [-0.2, 0) is 0 Å². The first kappa shape index (κ1) is 15.4. The average Bonchev–Trinajstić information content (AvgIpc) is 2.97. The fourth-order valence-electron chi connectivity index (χ4n) is 2.28. The lowest BCUT2D eigenvalue weighted by atomic mass is 10.2. The highest BCUT2D eigenvalue weighted by atomic mass is 16.2. The molecule has 0 bridgehead atoms. The first-order valence-corrected chi connectivity index (χ1v) is 7.21. The Morgan fingerprint density at radius 2 is 2.21 bits per heavy atom. The van der Waals surface area contributed by atoms with E-state index < -0.39 is 5.91 Å². The van der Waals surface area contributed by atoms with Crippen LogP contribution in [-0.4, -0.2) is 44.3 Å². The number of carbonyl (C=O) groups excluding carboxylic acids is 1. The summed E-state index contributed by atoms with van der Waals surface area (Å²) < 4.78 is 0. The van der Waals surface area contributed by atoms with E-state index >= 15 is 0 Å². The van der Waals surface area contributed by atoms with Crippen molar-refractivity contribution in [1.82, 2.24) is 24.8 Å². The predicted octanol–water partition coefficient (Wildman–Crippen LogP) is 1.51. The maximum absolute atomic E-state index is 12.2. The molecule has 3 rings (SSSR count). The fourth-order valence-corrected chi connectivity index (χ4v) is 2.28. The molecular weight excluding hydrogens is 306 g/mol. The number of hydrogen-bond donors (Lipinski definition) is 2. The number of nitrogens with two attached hydrogens (primary N) is 1. The van der Waals surface area contributed by atoms with E-state index in [1.807, 2.05) is 31.2 Å². The third kappa shape index (κ3) is 2.75. The standard InChI is InChI=1S/C16H15N7O/c1-9-3-4-10-11(7-9)22-15(21-10)13-14(18)19-8-12(20-13)16(24)23(2)6-5-17/h3-4,7-8H,6H2,1-2H3,(H2,18,19)(H,21,22). The Morgan fingerprint density at radius 3 is 2.96 bits per heavy atom. The van der Waals surface area contributed by atoms with Crippen LogP contribution < -0.4 is 5.73 Å². The van der Waals surface area contributed by atoms with Crippen molar-refractivity contribution in [3.63, 3.8) is 0 Å². The smallest absolute Gasteiger partial charge is 0.274 e. The molecule has 1 aromatic carbocycles. The van der Waals surface area contributed by atoms with Crippen molar-refractivity contribution >= 4 is 22.8 Å². The Balaban J connectivity index is 2.05. The number of nitrogens with zero attached hydrogens (tertiary/aromatic N) is 5. The van der Waals surface area contributed by atoms with Gasteiger partial charge in [0.15, 0.2) is 11.6 Å². The molecule has 3 aromatic rings. The van der Waals surface area contributed by atoms with Crippen molar-refractivity contribution in [2.75, 3.05) is 19.3 Å². The predicted molar refractivity (Wildman–Crippen MR) is 88.8 cm³/mol. The van der Waals surface area contributed by atoms with Gasteiger partial charge >= 0.3 is 0 Å². The number of imidazole rings is 1. The molecule has 0 atom stereocenters. The molecule has 24 heavy (non-hydrogen) atoms. The Bertz CT molecular complexity index is 970. The van der Waals surface area contributed by atoms with Crippen LogP contribution in [0, 0.1) is 18.3 Å². The van der Waals surface area contributed by atoms with E-state index in [4.69, 9.17) is 11.0 Å². The summed E-state index contributed by atoms with van der Waals surface area (Å²) >= 11 is 0. The molecule has 0 unspecified atom stereocenters. The van der Waals surface area contributed by atoms with Crippen LogP contribution in [0.2, 0.25) is 0 Å². The van der Waals surface area contributed by atoms with E-state index in [1.165, 1.54) is 18.1 Å². The highest BCUT2D eigenvalue weighted by Crippen LogP contribution is 2.23. The number of hydrogen-bond acceptors (Lipinski definition) is 6. The summed E-state index contributed by atoms with van der Waals surface area (Å²) in [4.78, 5) is 29.4. The summed E-state index contributed by atoms with van der Waals surface area (Å²) in [5.41, 5.74) is 9.03. The molecule has 3 N–H and O–H groups in total. The molecule has 2 aromatic heterocycles. The third-order valence-corrected chi connectivity index (χ3v) is 3.54. The fraction of sp³-hybridized carbons (Fsp3) is 0.188. The average molecular weight is 321 g/mol. The molecule has 0 fully saturated rings. The molecule has 0 spiro atoms. The molecule has 120 valence electrons. The lowest BCUT2D eigenvalue weighted by Gasteiger charge is -2.12. The van der Waals surface area contributed by atoms with E-state index in [1.54, 1.807) is 0 Å². The van der Waals surface area contributed by atoms with Gasteiger partial charge in [-0.05, 0) is 24.6 Å². The number of nitriles is 1. The van der Waals surface area contributed by atoms with Crippen LogP contribution in [0.15, 0.2) is 24.4 Å². The van der Waals surface area contributed by atoms with Gasteiger partial charge in [-0.2, -0.15) is 5.26 Å². The van der Waals surface area contributed by atoms with Gasteiger partial charge in [-0.3, -0.25) is 4.79 Å². The van der Waals surface area contributed by atoms with Gasteiger partial charge in [0.1, 0.15) is 17.9 Å². The summed E-state index contributed by atoms with van der Waals surface area (Å²) in [7, 11) is 1.52. The van der Waals surface area contributed by atoms with Crippen molar-refractivity contribution in [2.24, 2.45) is 0 Å². The number of H-pyrrole nitrogens is 1. The maximum atomic E-state index is 12.2. The number of fused-ring (bicyclic) bond motifs is 1. The topological polar surface area (TPSA) is 125 Å². The summed E-state index contributed by atoms with van der Waals surface area (Å²) in [5.74, 6) is 0.209. The van der Waals surface area contributed by atoms with Crippen LogP contribution in [0.4, 0.5) is 5.82 Å². The van der Waals surface area contributed by atoms with Gasteiger partial charge in [-0.15, -0.1) is 0 Å². The number of benzene rings is 1. The normalized spacial score (nSPS) is 10.5. The highest BCUT2D eigenvalue weighted by molar-refractivity contribution is 5.93. The lowest BCUT2D eigenvalue weighted by Crippen LogP contribution is -2.28. The monoisotopic (exact) mass is 321 g/mol. The maximum Gasteiger partial charge on any atom is 0.274 e. The number of carbonyl (C=O) groups is 1. The van der Waals surface area contributed by atoms with Crippen LogP contribution in [0.25, 0.3) is 22.6 Å². The molecule has 1 amide bonds. The SMILES string of the molecule is Cc1ccc2nc(-c3nc(C(=O)N(C)CC#N)cnc3N)[nH]c2c1. The molecule has 0 aliphatic rings. The number of nitrogen functional groups attached to an aromatic ring is 1. The lowest BCUT2D eigenvalue weighted by molar-refractivity contribution is 0.0806. The summed E-state index contributed by atoms with van der Waals surface area (Å²) in [6, 6.07) is 7.73. The number of amides is 1. The minimum Gasteiger partial charge on any atom is -0.382 e. The summed E-state index contributed by atoms with van der Waals surface area (Å²) in [6.45, 7) is 1.95. The molecule has 0 saturated carbocycles. The quantitative estimate of drug-likeness (QED) is 0.704. The van der Waals surface area contributed by atoms with Gasteiger partial charge in [0, 0.05) is 7.05 Å². The third-order valence-electron chi connectivity index (χ3n) is 3.54. The number of nitrogens with one attached hydrogen (secondary N) is 1. The van der Waals surface area contributed by atoms with E-state index in [2.05, 4.69) is 19.9 Å². The Kier molecular flexibility index (Phi) is 3.83. The molecule has 8 heteroatoms. The van der Waals surface area contributed by atoms with Gasteiger partial charge in [-0.1, -0.05) is 6.07 Å². The zero-order valence-corrected chi connectivity index (χ0v) is 13.2. The first-order chi connectivity index (χ1) is 11.5. The minimum atomic E-state index is -0.405. The molecule has 8 nitrogen and oxygen atoms in total. The van der Waals surface area contributed by atoms with E-state index in [0.717, 1.165) is 16.6 Å². The van der Waals surface area contributed by atoms with Gasteiger partial charge in [0.05, 0.1) is 23.3 Å². The van der Waals surface area contributed by atoms with Crippen molar-refractivity contribution in [2.45, 2.75) is 6.92 Å². The van der Waals surface area contributed by atoms with Crippen molar-refractivity contribution in [3.05, 3.63) is 35.7 Å². The van der Waals surface area contributed by atoms with E-state index in [9.17, 15) is 4.79 Å². The van der Waals surface area contributed by atoms with Crippen LogP contribution in [0.3, 0.4) is 0 Å². The number of anilines is 1. The minimum absolute atomic E-state index is 0.0376. The Hall–Kier alpha value is -3.47. The molecule has 0 aliphatic carbocycles. The first-order valence-electron chi connectivity index (χ1n) is 7.21. The van der Waals surface area contributed by atoms with E-state index in [0.29, 0.717) is 11.5 Å². The van der Waals surface area contributed by atoms with Crippen molar-refractivity contribution in [3.8, 4) is 17.6 Å². The van der Waals surface area contributed by atoms with Crippen LogP contribution in [0.5, 0.6) is 0 Å². The largest absolute Gasteiger partial charge is 0.382 e. The Labute approximate surface area is 138 Å². The number of aromatic amines is 1. The number of aryl methyl sites for hydroxylation is 1. The highest BCUT2D eigenvalue weighted by Gasteiger charge is 2.18. The van der Waals surface area contributed by atoms with Gasteiger partial charge in [-0.25, -0.2) is 15.0 Å². The number of rotatable bonds is 3. The summed E-state index contributed by atoms with van der Waals surface area (Å²) in [6.07, 6.45) is 1.29. The summed E-state index contributed by atoms with van der Waals surface area (Å²) in [5, 5.41) is 8.70. The van der Waals surface area contributed by atoms with E-state index in [-0.39, 0.29) is 18.1 Å². The van der Waals surface area contributed by atoms with Crippen LogP contribution >= 0.6 is 0 Å². The second-order valence-electron chi connectivity index (χ2n) is 5.41. The van der Waals surface area contributed by atoms with Gasteiger partial charge in [0.25, 0.3) is 5.91 Å². The molecule has 0 radical (unpaired) electrons. The van der Waals surface area contributed by atoms with Gasteiger partial charge in [0.2, 0.25) is 0 Å². The van der Waals surface area contributed by atoms with Gasteiger partial charge < -0.3 is 15.6 Å². The molecular formula is C16H15N7O. The zero-order chi connectivity index (χ0) is 17.3. The Morgan fingerprint density at radius 1 is 1.42 bits per heavy atom. The van der Waals surface area contributed by atoms with Crippen molar-refractivity contribution in [1.29, 1.82) is 5.26 Å². The van der Waals surface area contributed by atoms with Crippen LogP contribution in [0.1, 0.15) is 16.1 Å². The second kappa shape index (κ2) is 5.96. The second-order valence-corrected chi connectivity index (χ2v) is 5.41. The number of aromatic nitrogens is 4. The zero-order valence-electron chi connectivity index (χ0n) is 13.2. The molecule has 0 saturated heterocycles. The van der Waals surface area contributed by atoms with Crippen molar-refractivity contribution < 1.29 is 4.79 Å².